The number of carbonyl (C=O) groups is 1. The summed E-state index contributed by atoms with van der Waals surface area (Å²) < 4.78 is 0. The molecule has 5 nitrogen and oxygen atoms in total. The van der Waals surface area contributed by atoms with Crippen LogP contribution in [0.4, 0.5) is 0 Å². The highest BCUT2D eigenvalue weighted by Gasteiger charge is 2.54. The number of thioether (sulfide) groups is 1. The zero-order valence-corrected chi connectivity index (χ0v) is 9.92. The predicted octanol–water partition coefficient (Wildman–Crippen LogP) is 0.525. The Balaban J connectivity index is 1.92. The molecule has 6 heteroatoms. The molecule has 2 rings (SSSR count). The molecule has 16 heavy (non-hydrogen) atoms. The summed E-state index contributed by atoms with van der Waals surface area (Å²) in [4.78, 5) is 12.0. The average molecular weight is 243 g/mol. The quantitative estimate of drug-likeness (QED) is 0.292. The van der Waals surface area contributed by atoms with Gasteiger partial charge in [-0.1, -0.05) is 5.16 Å². The van der Waals surface area contributed by atoms with E-state index in [1.54, 1.807) is 0 Å². The van der Waals surface area contributed by atoms with Crippen molar-refractivity contribution in [3.05, 3.63) is 0 Å². The zero-order chi connectivity index (χ0) is 11.6. The highest BCUT2D eigenvalue weighted by molar-refractivity contribution is 7.99. The highest BCUT2D eigenvalue weighted by atomic mass is 32.2. The number of hydrogen-bond donors (Lipinski definition) is 3. The Morgan fingerprint density at radius 2 is 2.31 bits per heavy atom. The molecule has 2 fully saturated rings. The minimum Gasteiger partial charge on any atom is -0.409 e. The molecule has 2 aliphatic rings. The van der Waals surface area contributed by atoms with E-state index in [-0.39, 0.29) is 17.8 Å². The summed E-state index contributed by atoms with van der Waals surface area (Å²) in [5, 5.41) is 14.6. The van der Waals surface area contributed by atoms with Gasteiger partial charge in [0.2, 0.25) is 5.91 Å². The normalized spacial score (nSPS) is 28.5. The van der Waals surface area contributed by atoms with Crippen molar-refractivity contribution in [1.29, 1.82) is 0 Å². The lowest BCUT2D eigenvalue weighted by Crippen LogP contribution is -2.46. The van der Waals surface area contributed by atoms with Gasteiger partial charge in [0.15, 0.2) is 5.84 Å². The van der Waals surface area contributed by atoms with Gasteiger partial charge in [-0.3, -0.25) is 4.79 Å². The van der Waals surface area contributed by atoms with Crippen LogP contribution in [0.15, 0.2) is 5.16 Å². The first-order chi connectivity index (χ1) is 7.69. The minimum atomic E-state index is -0.711. The number of hydrogen-bond acceptors (Lipinski definition) is 4. The number of amidine groups is 1. The maximum absolute atomic E-state index is 12.0. The Hall–Kier alpha value is -0.910. The molecule has 0 aromatic rings. The van der Waals surface area contributed by atoms with Crippen molar-refractivity contribution < 1.29 is 10.0 Å². The molecule has 1 unspecified atom stereocenters. The van der Waals surface area contributed by atoms with E-state index < -0.39 is 5.41 Å². The van der Waals surface area contributed by atoms with Crippen molar-refractivity contribution in [3.8, 4) is 0 Å². The van der Waals surface area contributed by atoms with E-state index in [0.717, 1.165) is 18.6 Å². The molecule has 1 saturated carbocycles. The molecule has 1 saturated heterocycles. The summed E-state index contributed by atoms with van der Waals surface area (Å²) in [5.41, 5.74) is 4.84. The van der Waals surface area contributed by atoms with Crippen molar-refractivity contribution in [3.63, 3.8) is 0 Å². The number of rotatable bonds is 3. The first-order valence-electron chi connectivity index (χ1n) is 5.56. The van der Waals surface area contributed by atoms with Gasteiger partial charge in [-0.15, -0.1) is 0 Å². The van der Waals surface area contributed by atoms with Crippen LogP contribution in [0.25, 0.3) is 0 Å². The maximum Gasteiger partial charge on any atom is 0.234 e. The Kier molecular flexibility index (Phi) is 3.28. The summed E-state index contributed by atoms with van der Waals surface area (Å²) in [6, 6.07) is 0.246. The Labute approximate surface area is 98.8 Å². The zero-order valence-electron chi connectivity index (χ0n) is 9.11. The van der Waals surface area contributed by atoms with Gasteiger partial charge in [0.25, 0.3) is 0 Å². The number of nitrogens with one attached hydrogen (secondary N) is 1. The standard InChI is InChI=1S/C10H17N3O2S/c11-8(13-15)10(3-4-10)9(14)12-7-2-1-5-16-6-7/h7,15H,1-6H2,(H2,11,13)(H,12,14). The van der Waals surface area contributed by atoms with Gasteiger partial charge in [0.05, 0.1) is 0 Å². The van der Waals surface area contributed by atoms with Crippen LogP contribution in [0.3, 0.4) is 0 Å². The summed E-state index contributed by atoms with van der Waals surface area (Å²) in [7, 11) is 0. The first kappa shape index (κ1) is 11.6. The van der Waals surface area contributed by atoms with Gasteiger partial charge < -0.3 is 16.3 Å². The Morgan fingerprint density at radius 1 is 1.56 bits per heavy atom. The summed E-state index contributed by atoms with van der Waals surface area (Å²) in [5.74, 6) is 2.12. The van der Waals surface area contributed by atoms with Crippen molar-refractivity contribution in [2.75, 3.05) is 11.5 Å². The Bertz CT molecular complexity index is 309. The number of amides is 1. The second-order valence-electron chi connectivity index (χ2n) is 4.45. The second kappa shape index (κ2) is 4.53. The fourth-order valence-electron chi connectivity index (χ4n) is 2.00. The lowest BCUT2D eigenvalue weighted by Gasteiger charge is -2.24. The fraction of sp³-hybridized carbons (Fsp3) is 0.800. The fourth-order valence-corrected chi connectivity index (χ4v) is 3.07. The van der Waals surface area contributed by atoms with Gasteiger partial charge in [0.1, 0.15) is 5.41 Å². The lowest BCUT2D eigenvalue weighted by molar-refractivity contribution is -0.124. The third-order valence-corrected chi connectivity index (χ3v) is 4.49. The van der Waals surface area contributed by atoms with E-state index in [1.807, 2.05) is 11.8 Å². The van der Waals surface area contributed by atoms with E-state index in [1.165, 1.54) is 5.75 Å². The molecule has 0 aromatic heterocycles. The molecule has 4 N–H and O–H groups in total. The summed E-state index contributed by atoms with van der Waals surface area (Å²) in [6.07, 6.45) is 3.56. The number of oxime groups is 1. The summed E-state index contributed by atoms with van der Waals surface area (Å²) >= 11 is 1.86. The summed E-state index contributed by atoms with van der Waals surface area (Å²) in [6.45, 7) is 0. The molecule has 0 radical (unpaired) electrons. The second-order valence-corrected chi connectivity index (χ2v) is 5.60. The first-order valence-corrected chi connectivity index (χ1v) is 6.71. The third-order valence-electron chi connectivity index (χ3n) is 3.28. The lowest BCUT2D eigenvalue weighted by atomic mass is 10.0. The van der Waals surface area contributed by atoms with Crippen LogP contribution in [-0.4, -0.2) is 34.5 Å². The van der Waals surface area contributed by atoms with Gasteiger partial charge in [-0.05, 0) is 31.4 Å². The minimum absolute atomic E-state index is 0.0495. The molecule has 1 aliphatic carbocycles. The molecule has 90 valence electrons. The van der Waals surface area contributed by atoms with Crippen molar-refractivity contribution in [2.45, 2.75) is 31.7 Å². The van der Waals surface area contributed by atoms with E-state index in [4.69, 9.17) is 10.9 Å². The van der Waals surface area contributed by atoms with Crippen molar-refractivity contribution >= 4 is 23.5 Å². The number of nitrogens with two attached hydrogens (primary N) is 1. The van der Waals surface area contributed by atoms with Crippen LogP contribution in [0.2, 0.25) is 0 Å². The van der Waals surface area contributed by atoms with Gasteiger partial charge in [-0.25, -0.2) is 0 Å². The topological polar surface area (TPSA) is 87.7 Å². The highest BCUT2D eigenvalue weighted by Crippen LogP contribution is 2.46. The van der Waals surface area contributed by atoms with Crippen LogP contribution >= 0.6 is 11.8 Å². The van der Waals surface area contributed by atoms with Crippen LogP contribution in [0.1, 0.15) is 25.7 Å². The average Bonchev–Trinajstić information content (AvgIpc) is 3.10. The van der Waals surface area contributed by atoms with E-state index in [0.29, 0.717) is 12.8 Å². The van der Waals surface area contributed by atoms with E-state index in [2.05, 4.69) is 10.5 Å². The van der Waals surface area contributed by atoms with E-state index in [9.17, 15) is 4.79 Å². The van der Waals surface area contributed by atoms with Crippen molar-refractivity contribution in [2.24, 2.45) is 16.3 Å². The van der Waals surface area contributed by atoms with Gasteiger partial charge in [0, 0.05) is 11.8 Å². The molecular weight excluding hydrogens is 226 g/mol. The van der Waals surface area contributed by atoms with Crippen LogP contribution in [0.5, 0.6) is 0 Å². The Morgan fingerprint density at radius 3 is 2.81 bits per heavy atom. The molecule has 1 heterocycles. The molecule has 0 bridgehead atoms. The molecule has 1 amide bonds. The smallest absolute Gasteiger partial charge is 0.234 e. The third kappa shape index (κ3) is 2.11. The van der Waals surface area contributed by atoms with Gasteiger partial charge >= 0.3 is 0 Å². The van der Waals surface area contributed by atoms with Crippen LogP contribution in [-0.2, 0) is 4.79 Å². The van der Waals surface area contributed by atoms with Crippen LogP contribution < -0.4 is 11.1 Å². The number of carbonyl (C=O) groups excluding carboxylic acids is 1. The van der Waals surface area contributed by atoms with Crippen molar-refractivity contribution in [1.82, 2.24) is 5.32 Å². The predicted molar refractivity (Wildman–Crippen MR) is 63.6 cm³/mol. The molecule has 1 aliphatic heterocycles. The maximum atomic E-state index is 12.0. The van der Waals surface area contributed by atoms with Gasteiger partial charge in [-0.2, -0.15) is 11.8 Å². The molecule has 0 spiro atoms. The molecular formula is C10H17N3O2S. The number of nitrogens with zero attached hydrogens (tertiary/aromatic N) is 1. The SMILES string of the molecule is NC(=NO)C1(C(=O)NC2CCCSC2)CC1. The van der Waals surface area contributed by atoms with Crippen LogP contribution in [0, 0.1) is 5.41 Å². The largest absolute Gasteiger partial charge is 0.409 e. The molecule has 0 aromatic carbocycles. The monoisotopic (exact) mass is 243 g/mol. The van der Waals surface area contributed by atoms with E-state index >= 15 is 0 Å². The molecule has 1 atom stereocenters.